The van der Waals surface area contributed by atoms with Crippen molar-refractivity contribution in [3.63, 3.8) is 0 Å². The van der Waals surface area contributed by atoms with Gasteiger partial charge in [0.2, 0.25) is 0 Å². The molecule has 0 heterocycles. The molecule has 0 saturated carbocycles. The number of benzene rings is 1. The Bertz CT molecular complexity index is 295. The number of hydrogen-bond acceptors (Lipinski definition) is 2. The summed E-state index contributed by atoms with van der Waals surface area (Å²) in [5, 5.41) is 10.2. The molecule has 0 saturated heterocycles. The third kappa shape index (κ3) is 1.81. The van der Waals surface area contributed by atoms with Gasteiger partial charge in [-0.3, -0.25) is 0 Å². The summed E-state index contributed by atoms with van der Waals surface area (Å²) in [7, 11) is 0. The lowest BCUT2D eigenvalue weighted by atomic mass is 10.0. The van der Waals surface area contributed by atoms with Crippen LogP contribution in [0.15, 0.2) is 24.3 Å². The van der Waals surface area contributed by atoms with E-state index in [-0.39, 0.29) is 0 Å². The number of hydrogen-bond donors (Lipinski definition) is 1. The van der Waals surface area contributed by atoms with Gasteiger partial charge in [0.1, 0.15) is 0 Å². The van der Waals surface area contributed by atoms with Gasteiger partial charge in [0.25, 0.3) is 0 Å². The summed E-state index contributed by atoms with van der Waals surface area (Å²) in [4.78, 5) is 0. The first-order valence-electron chi connectivity index (χ1n) is 5.10. The first-order valence-corrected chi connectivity index (χ1v) is 5.10. The van der Waals surface area contributed by atoms with E-state index in [1.165, 1.54) is 11.1 Å². The normalized spacial score (nSPS) is 18.1. The fourth-order valence-corrected chi connectivity index (χ4v) is 2.07. The summed E-state index contributed by atoms with van der Waals surface area (Å²) in [6.07, 6.45) is 1.45. The highest BCUT2D eigenvalue weighted by atomic mass is 16.5. The van der Waals surface area contributed by atoms with Gasteiger partial charge in [0, 0.05) is 19.4 Å². The minimum Gasteiger partial charge on any atom is -0.387 e. The lowest BCUT2D eigenvalue weighted by Crippen LogP contribution is -2.35. The molecule has 1 aromatic carbocycles. The molecule has 0 amide bonds. The number of aliphatic hydroxyl groups is 1. The monoisotopic (exact) mass is 192 g/mol. The highest BCUT2D eigenvalue weighted by molar-refractivity contribution is 5.35. The molecular weight excluding hydrogens is 176 g/mol. The second-order valence-electron chi connectivity index (χ2n) is 3.98. The third-order valence-electron chi connectivity index (χ3n) is 2.73. The van der Waals surface area contributed by atoms with Crippen molar-refractivity contribution in [2.75, 3.05) is 13.2 Å². The Kier molecular flexibility index (Phi) is 2.57. The van der Waals surface area contributed by atoms with Gasteiger partial charge in [-0.05, 0) is 18.1 Å². The summed E-state index contributed by atoms with van der Waals surface area (Å²) in [6, 6.07) is 8.20. The van der Waals surface area contributed by atoms with E-state index in [0.717, 1.165) is 12.8 Å². The minimum atomic E-state index is -0.667. The van der Waals surface area contributed by atoms with Gasteiger partial charge in [-0.2, -0.15) is 0 Å². The van der Waals surface area contributed by atoms with E-state index >= 15 is 0 Å². The molecule has 76 valence electrons. The summed E-state index contributed by atoms with van der Waals surface area (Å²) >= 11 is 0. The summed E-state index contributed by atoms with van der Waals surface area (Å²) in [5.41, 5.74) is 1.85. The SMILES string of the molecule is CCOCC1(O)Cc2ccccc2C1. The van der Waals surface area contributed by atoms with Crippen LogP contribution in [0.4, 0.5) is 0 Å². The second-order valence-corrected chi connectivity index (χ2v) is 3.98. The summed E-state index contributed by atoms with van der Waals surface area (Å²) in [6.45, 7) is 3.06. The molecule has 2 heteroatoms. The Balaban J connectivity index is 2.09. The van der Waals surface area contributed by atoms with Crippen molar-refractivity contribution < 1.29 is 9.84 Å². The van der Waals surface area contributed by atoms with E-state index < -0.39 is 5.60 Å². The van der Waals surface area contributed by atoms with Gasteiger partial charge in [-0.15, -0.1) is 0 Å². The molecule has 0 bridgehead atoms. The van der Waals surface area contributed by atoms with E-state index in [2.05, 4.69) is 12.1 Å². The Morgan fingerprint density at radius 1 is 1.29 bits per heavy atom. The average Bonchev–Trinajstić information content (AvgIpc) is 2.51. The highest BCUT2D eigenvalue weighted by Crippen LogP contribution is 2.29. The van der Waals surface area contributed by atoms with Crippen molar-refractivity contribution in [2.45, 2.75) is 25.4 Å². The predicted molar refractivity (Wildman–Crippen MR) is 55.3 cm³/mol. The first kappa shape index (κ1) is 9.69. The molecule has 1 aliphatic rings. The Hall–Kier alpha value is -0.860. The van der Waals surface area contributed by atoms with Crippen LogP contribution in [0.3, 0.4) is 0 Å². The van der Waals surface area contributed by atoms with Gasteiger partial charge < -0.3 is 9.84 Å². The molecular formula is C12H16O2. The third-order valence-corrected chi connectivity index (χ3v) is 2.73. The van der Waals surface area contributed by atoms with Gasteiger partial charge in [-0.1, -0.05) is 24.3 Å². The minimum absolute atomic E-state index is 0.443. The van der Waals surface area contributed by atoms with Crippen LogP contribution in [0, 0.1) is 0 Å². The topological polar surface area (TPSA) is 29.5 Å². The second kappa shape index (κ2) is 3.71. The molecule has 0 fully saturated rings. The predicted octanol–water partition coefficient (Wildman–Crippen LogP) is 1.55. The van der Waals surface area contributed by atoms with E-state index in [1.807, 2.05) is 19.1 Å². The van der Waals surface area contributed by atoms with E-state index in [0.29, 0.717) is 13.2 Å². The Morgan fingerprint density at radius 2 is 1.86 bits per heavy atom. The Morgan fingerprint density at radius 3 is 2.36 bits per heavy atom. The molecule has 14 heavy (non-hydrogen) atoms. The quantitative estimate of drug-likeness (QED) is 0.787. The van der Waals surface area contributed by atoms with Crippen molar-refractivity contribution in [3.05, 3.63) is 35.4 Å². The maximum Gasteiger partial charge on any atom is 0.0960 e. The van der Waals surface area contributed by atoms with Gasteiger partial charge >= 0.3 is 0 Å². The standard InChI is InChI=1S/C12H16O2/c1-2-14-9-12(13)7-10-5-3-4-6-11(10)8-12/h3-6,13H,2,7-9H2,1H3. The molecule has 1 aromatic rings. The van der Waals surface area contributed by atoms with Crippen LogP contribution in [0.1, 0.15) is 18.1 Å². The molecule has 1 aliphatic carbocycles. The smallest absolute Gasteiger partial charge is 0.0960 e. The summed E-state index contributed by atoms with van der Waals surface area (Å²) < 4.78 is 5.30. The van der Waals surface area contributed by atoms with Crippen LogP contribution < -0.4 is 0 Å². The zero-order chi connectivity index (χ0) is 10.0. The van der Waals surface area contributed by atoms with E-state index in [1.54, 1.807) is 0 Å². The van der Waals surface area contributed by atoms with Crippen LogP contribution in [0.5, 0.6) is 0 Å². The fraction of sp³-hybridized carbons (Fsp3) is 0.500. The van der Waals surface area contributed by atoms with Crippen molar-refractivity contribution in [3.8, 4) is 0 Å². The maximum absolute atomic E-state index is 10.2. The van der Waals surface area contributed by atoms with Gasteiger partial charge in [0.05, 0.1) is 12.2 Å². The Labute approximate surface area is 84.5 Å². The average molecular weight is 192 g/mol. The van der Waals surface area contributed by atoms with Gasteiger partial charge in [-0.25, -0.2) is 0 Å². The van der Waals surface area contributed by atoms with Crippen LogP contribution in [-0.2, 0) is 17.6 Å². The molecule has 0 atom stereocenters. The first-order chi connectivity index (χ1) is 6.73. The molecule has 2 nitrogen and oxygen atoms in total. The molecule has 1 N–H and O–H groups in total. The van der Waals surface area contributed by atoms with E-state index in [4.69, 9.17) is 4.74 Å². The van der Waals surface area contributed by atoms with Crippen molar-refractivity contribution in [1.82, 2.24) is 0 Å². The van der Waals surface area contributed by atoms with Crippen LogP contribution in [0.2, 0.25) is 0 Å². The molecule has 0 unspecified atom stereocenters. The highest BCUT2D eigenvalue weighted by Gasteiger charge is 2.34. The van der Waals surface area contributed by atoms with Crippen molar-refractivity contribution in [1.29, 1.82) is 0 Å². The fourth-order valence-electron chi connectivity index (χ4n) is 2.07. The zero-order valence-corrected chi connectivity index (χ0v) is 8.49. The molecule has 2 rings (SSSR count). The number of fused-ring (bicyclic) bond motifs is 1. The van der Waals surface area contributed by atoms with Crippen molar-refractivity contribution in [2.24, 2.45) is 0 Å². The lowest BCUT2D eigenvalue weighted by molar-refractivity contribution is -0.0358. The maximum atomic E-state index is 10.2. The molecule has 0 aromatic heterocycles. The van der Waals surface area contributed by atoms with Crippen LogP contribution >= 0.6 is 0 Å². The lowest BCUT2D eigenvalue weighted by Gasteiger charge is -2.21. The van der Waals surface area contributed by atoms with E-state index in [9.17, 15) is 5.11 Å². The van der Waals surface area contributed by atoms with Crippen LogP contribution in [0.25, 0.3) is 0 Å². The molecule has 0 aliphatic heterocycles. The zero-order valence-electron chi connectivity index (χ0n) is 8.49. The van der Waals surface area contributed by atoms with Crippen LogP contribution in [-0.4, -0.2) is 23.9 Å². The number of rotatable bonds is 3. The number of ether oxygens (including phenoxy) is 1. The largest absolute Gasteiger partial charge is 0.387 e. The molecule has 0 radical (unpaired) electrons. The molecule has 0 spiro atoms. The summed E-state index contributed by atoms with van der Waals surface area (Å²) in [5.74, 6) is 0. The van der Waals surface area contributed by atoms with Crippen molar-refractivity contribution >= 4 is 0 Å². The van der Waals surface area contributed by atoms with Gasteiger partial charge in [0.15, 0.2) is 0 Å².